The number of fused-ring (bicyclic) bond motifs is 1. The molecule has 3 aromatic heterocycles. The average Bonchev–Trinajstić information content (AvgIpc) is 3.10. The molecule has 0 bridgehead atoms. The molecule has 0 saturated carbocycles. The first-order chi connectivity index (χ1) is 12.2. The Morgan fingerprint density at radius 2 is 1.96 bits per heavy atom. The Bertz CT molecular complexity index is 836. The van der Waals surface area contributed by atoms with Crippen molar-refractivity contribution < 1.29 is 0 Å². The van der Waals surface area contributed by atoms with Gasteiger partial charge in [-0.2, -0.15) is 5.10 Å². The van der Waals surface area contributed by atoms with Crippen LogP contribution in [0.3, 0.4) is 0 Å². The van der Waals surface area contributed by atoms with E-state index in [1.54, 1.807) is 0 Å². The number of hydrogen-bond donors (Lipinski definition) is 0. The number of hydrogen-bond acceptors (Lipinski definition) is 5. The van der Waals surface area contributed by atoms with E-state index >= 15 is 0 Å². The van der Waals surface area contributed by atoms with E-state index in [-0.39, 0.29) is 0 Å². The molecule has 0 spiro atoms. The molecule has 0 aromatic carbocycles. The highest BCUT2D eigenvalue weighted by atomic mass is 15.3. The largest absolute Gasteiger partial charge is 0.333 e. The molecule has 0 unspecified atom stereocenters. The maximum atomic E-state index is 4.55. The number of rotatable bonds is 4. The minimum atomic E-state index is 0.456. The van der Waals surface area contributed by atoms with Gasteiger partial charge < -0.3 is 4.57 Å². The van der Waals surface area contributed by atoms with Crippen molar-refractivity contribution in [3.05, 3.63) is 60.0 Å². The van der Waals surface area contributed by atoms with Crippen LogP contribution in [0.15, 0.2) is 36.9 Å². The van der Waals surface area contributed by atoms with Crippen LogP contribution in [0.25, 0.3) is 0 Å². The number of imidazole rings is 1. The van der Waals surface area contributed by atoms with Gasteiger partial charge in [-0.3, -0.25) is 9.88 Å². The first-order valence-corrected chi connectivity index (χ1v) is 8.66. The van der Waals surface area contributed by atoms with Crippen LogP contribution in [-0.2, 0) is 26.2 Å². The SMILES string of the molecule is Cc1nc(C)n(C[C@@H]2CN(Cc3ccncc3)Cc3nccn3C2)n1. The van der Waals surface area contributed by atoms with Crippen LogP contribution in [0, 0.1) is 19.8 Å². The lowest BCUT2D eigenvalue weighted by Gasteiger charge is -2.24. The summed E-state index contributed by atoms with van der Waals surface area (Å²) in [5, 5.41) is 4.54. The van der Waals surface area contributed by atoms with Gasteiger partial charge in [-0.1, -0.05) is 0 Å². The summed E-state index contributed by atoms with van der Waals surface area (Å²) in [4.78, 5) is 15.6. The second-order valence-corrected chi connectivity index (χ2v) is 6.78. The van der Waals surface area contributed by atoms with Crippen molar-refractivity contribution in [2.75, 3.05) is 6.54 Å². The van der Waals surface area contributed by atoms with Crippen LogP contribution in [0.1, 0.15) is 23.0 Å². The van der Waals surface area contributed by atoms with Crippen molar-refractivity contribution in [2.45, 2.75) is 40.0 Å². The number of aryl methyl sites for hydroxylation is 2. The number of aromatic nitrogens is 6. The topological polar surface area (TPSA) is 64.7 Å². The zero-order valence-electron chi connectivity index (χ0n) is 14.7. The van der Waals surface area contributed by atoms with Gasteiger partial charge in [0.1, 0.15) is 17.5 Å². The van der Waals surface area contributed by atoms with Crippen LogP contribution in [0.5, 0.6) is 0 Å². The Morgan fingerprint density at radius 1 is 1.12 bits per heavy atom. The molecule has 25 heavy (non-hydrogen) atoms. The molecule has 0 fully saturated rings. The molecule has 1 aliphatic heterocycles. The van der Waals surface area contributed by atoms with Gasteiger partial charge >= 0.3 is 0 Å². The van der Waals surface area contributed by atoms with Gasteiger partial charge in [-0.15, -0.1) is 0 Å². The van der Waals surface area contributed by atoms with Crippen molar-refractivity contribution >= 4 is 0 Å². The summed E-state index contributed by atoms with van der Waals surface area (Å²) in [6.07, 6.45) is 7.69. The van der Waals surface area contributed by atoms with Crippen LogP contribution in [0.2, 0.25) is 0 Å². The van der Waals surface area contributed by atoms with Gasteiger partial charge in [0.15, 0.2) is 0 Å². The van der Waals surface area contributed by atoms with E-state index in [0.29, 0.717) is 5.92 Å². The smallest absolute Gasteiger partial charge is 0.147 e. The zero-order valence-corrected chi connectivity index (χ0v) is 14.7. The molecule has 1 atom stereocenters. The van der Waals surface area contributed by atoms with Gasteiger partial charge in [0.05, 0.1) is 6.54 Å². The van der Waals surface area contributed by atoms with Crippen molar-refractivity contribution in [1.29, 1.82) is 0 Å². The minimum absolute atomic E-state index is 0.456. The predicted octanol–water partition coefficient (Wildman–Crippen LogP) is 1.82. The normalized spacial score (nSPS) is 18.1. The van der Waals surface area contributed by atoms with Crippen LogP contribution >= 0.6 is 0 Å². The molecule has 130 valence electrons. The van der Waals surface area contributed by atoms with E-state index in [1.165, 1.54) is 5.56 Å². The first-order valence-electron chi connectivity index (χ1n) is 8.66. The lowest BCUT2D eigenvalue weighted by molar-refractivity contribution is 0.204. The van der Waals surface area contributed by atoms with E-state index in [0.717, 1.165) is 50.2 Å². The Balaban J connectivity index is 1.55. The summed E-state index contributed by atoms with van der Waals surface area (Å²) < 4.78 is 4.31. The van der Waals surface area contributed by atoms with Crippen molar-refractivity contribution in [1.82, 2.24) is 34.2 Å². The van der Waals surface area contributed by atoms with Crippen molar-refractivity contribution in [3.63, 3.8) is 0 Å². The molecule has 0 radical (unpaired) electrons. The fourth-order valence-corrected chi connectivity index (χ4v) is 3.58. The fraction of sp³-hybridized carbons (Fsp3) is 0.444. The molecule has 4 rings (SSSR count). The number of pyridine rings is 1. The predicted molar refractivity (Wildman–Crippen MR) is 93.6 cm³/mol. The summed E-state index contributed by atoms with van der Waals surface area (Å²) in [6, 6.07) is 4.16. The van der Waals surface area contributed by atoms with Crippen molar-refractivity contribution in [3.8, 4) is 0 Å². The van der Waals surface area contributed by atoms with Gasteiger partial charge in [0, 0.05) is 56.9 Å². The fourth-order valence-electron chi connectivity index (χ4n) is 3.58. The van der Waals surface area contributed by atoms with Gasteiger partial charge in [-0.05, 0) is 31.5 Å². The summed E-state index contributed by atoms with van der Waals surface area (Å²) in [5.41, 5.74) is 1.28. The van der Waals surface area contributed by atoms with Gasteiger partial charge in [0.25, 0.3) is 0 Å². The summed E-state index contributed by atoms with van der Waals surface area (Å²) in [7, 11) is 0. The lowest BCUT2D eigenvalue weighted by atomic mass is 10.1. The highest BCUT2D eigenvalue weighted by molar-refractivity contribution is 5.10. The second-order valence-electron chi connectivity index (χ2n) is 6.78. The van der Waals surface area contributed by atoms with Crippen molar-refractivity contribution in [2.24, 2.45) is 5.92 Å². The average molecular weight is 337 g/mol. The molecule has 0 amide bonds. The van der Waals surface area contributed by atoms with E-state index in [1.807, 2.05) is 37.1 Å². The molecule has 7 heteroatoms. The summed E-state index contributed by atoms with van der Waals surface area (Å²) >= 11 is 0. The first kappa shape index (κ1) is 16.0. The quantitative estimate of drug-likeness (QED) is 0.726. The third kappa shape index (κ3) is 3.61. The molecule has 0 N–H and O–H groups in total. The summed E-state index contributed by atoms with van der Waals surface area (Å²) in [6.45, 7) is 8.57. The highest BCUT2D eigenvalue weighted by Gasteiger charge is 2.23. The molecule has 3 aromatic rings. The van der Waals surface area contributed by atoms with Gasteiger partial charge in [0.2, 0.25) is 0 Å². The lowest BCUT2D eigenvalue weighted by Crippen LogP contribution is -2.30. The minimum Gasteiger partial charge on any atom is -0.333 e. The second kappa shape index (κ2) is 6.76. The van der Waals surface area contributed by atoms with Crippen LogP contribution < -0.4 is 0 Å². The Kier molecular flexibility index (Phi) is 4.31. The Morgan fingerprint density at radius 3 is 2.72 bits per heavy atom. The monoisotopic (exact) mass is 337 g/mol. The molecule has 1 aliphatic rings. The molecule has 0 aliphatic carbocycles. The maximum Gasteiger partial charge on any atom is 0.147 e. The van der Waals surface area contributed by atoms with Gasteiger partial charge in [-0.25, -0.2) is 14.6 Å². The molecule has 0 saturated heterocycles. The van der Waals surface area contributed by atoms with E-state index in [4.69, 9.17) is 0 Å². The van der Waals surface area contributed by atoms with E-state index in [9.17, 15) is 0 Å². The Hall–Kier alpha value is -2.54. The van der Waals surface area contributed by atoms with Crippen LogP contribution in [0.4, 0.5) is 0 Å². The van der Waals surface area contributed by atoms with E-state index < -0.39 is 0 Å². The Labute approximate surface area is 147 Å². The molecule has 4 heterocycles. The molecular formula is C18H23N7. The zero-order chi connectivity index (χ0) is 17.2. The standard InChI is InChI=1S/C18H23N7/c1-14-21-15(2)25(22-14)12-17-10-23(9-16-3-5-19-6-4-16)13-18-20-7-8-24(18)11-17/h3-8,17H,9-13H2,1-2H3/t17-/m1/s1. The maximum absolute atomic E-state index is 4.55. The number of nitrogens with zero attached hydrogens (tertiary/aromatic N) is 7. The van der Waals surface area contributed by atoms with E-state index in [2.05, 4.69) is 47.8 Å². The molecular weight excluding hydrogens is 314 g/mol. The highest BCUT2D eigenvalue weighted by Crippen LogP contribution is 2.19. The van der Waals surface area contributed by atoms with Crippen LogP contribution in [-0.4, -0.2) is 40.7 Å². The third-order valence-electron chi connectivity index (χ3n) is 4.69. The third-order valence-corrected chi connectivity index (χ3v) is 4.69. The summed E-state index contributed by atoms with van der Waals surface area (Å²) in [5.74, 6) is 3.40. The molecule has 7 nitrogen and oxygen atoms in total.